The van der Waals surface area contributed by atoms with Gasteiger partial charge in [0.1, 0.15) is 0 Å². The highest BCUT2D eigenvalue weighted by Gasteiger charge is 2.15. The fourth-order valence-corrected chi connectivity index (χ4v) is 4.41. The molecule has 8 heteroatoms. The maximum Gasteiger partial charge on any atom is 0.291 e. The van der Waals surface area contributed by atoms with Gasteiger partial charge in [0.05, 0.1) is 22.4 Å². The first-order valence-electron chi connectivity index (χ1n) is 9.78. The molecule has 0 aliphatic rings. The number of nitrogens with zero attached hydrogens (tertiary/aromatic N) is 2. The monoisotopic (exact) mass is 461 g/mol. The van der Waals surface area contributed by atoms with Gasteiger partial charge in [-0.25, -0.2) is 4.98 Å². The molecule has 0 aliphatic heterocycles. The highest BCUT2D eigenvalue weighted by atomic mass is 35.5. The van der Waals surface area contributed by atoms with E-state index in [1.807, 2.05) is 42.5 Å². The van der Waals surface area contributed by atoms with Gasteiger partial charge in [0.15, 0.2) is 16.5 Å². The van der Waals surface area contributed by atoms with Gasteiger partial charge in [-0.3, -0.25) is 9.59 Å². The van der Waals surface area contributed by atoms with E-state index < -0.39 is 5.91 Å². The van der Waals surface area contributed by atoms with Gasteiger partial charge in [0.25, 0.3) is 11.5 Å². The van der Waals surface area contributed by atoms with E-state index in [1.165, 1.54) is 22.0 Å². The average molecular weight is 462 g/mol. The largest absolute Gasteiger partial charge is 0.448 e. The smallest absolute Gasteiger partial charge is 0.291 e. The minimum atomic E-state index is -0.416. The van der Waals surface area contributed by atoms with E-state index in [0.29, 0.717) is 28.0 Å². The zero-order valence-corrected chi connectivity index (χ0v) is 18.2. The van der Waals surface area contributed by atoms with Crippen LogP contribution in [-0.4, -0.2) is 15.5 Å². The summed E-state index contributed by atoms with van der Waals surface area (Å²) in [6.07, 6.45) is 1.58. The van der Waals surface area contributed by atoms with Crippen LogP contribution in [0, 0.1) is 0 Å². The number of hydrogen-bond donors (Lipinski definition) is 1. The van der Waals surface area contributed by atoms with Crippen molar-refractivity contribution in [1.82, 2.24) is 9.55 Å². The molecule has 3 heterocycles. The second-order valence-electron chi connectivity index (χ2n) is 7.08. The highest BCUT2D eigenvalue weighted by molar-refractivity contribution is 7.21. The summed E-state index contributed by atoms with van der Waals surface area (Å²) in [5.74, 6) is 0.267. The van der Waals surface area contributed by atoms with Crippen LogP contribution in [0.25, 0.3) is 21.0 Å². The topological polar surface area (TPSA) is 77.1 Å². The van der Waals surface area contributed by atoms with Crippen molar-refractivity contribution in [2.24, 2.45) is 0 Å². The summed E-state index contributed by atoms with van der Waals surface area (Å²) in [4.78, 5) is 29.5. The lowest BCUT2D eigenvalue weighted by molar-refractivity contribution is 0.0997. The van der Waals surface area contributed by atoms with Crippen LogP contribution in [0.1, 0.15) is 16.1 Å². The molecule has 32 heavy (non-hydrogen) atoms. The number of para-hydroxylation sites is 1. The van der Waals surface area contributed by atoms with Crippen LogP contribution in [0.15, 0.2) is 88.2 Å². The number of carbonyl (C=O) groups is 1. The summed E-state index contributed by atoms with van der Waals surface area (Å²) in [5, 5.41) is 4.06. The summed E-state index contributed by atoms with van der Waals surface area (Å²) >= 11 is 7.71. The molecule has 1 N–H and O–H groups in total. The van der Waals surface area contributed by atoms with Crippen molar-refractivity contribution >= 4 is 44.7 Å². The number of carbonyl (C=O) groups excluding carboxylic acids is 1. The predicted octanol–water partition coefficient (Wildman–Crippen LogP) is 5.67. The lowest BCUT2D eigenvalue weighted by Gasteiger charge is -2.10. The van der Waals surface area contributed by atoms with Gasteiger partial charge >= 0.3 is 0 Å². The molecule has 5 rings (SSSR count). The molecule has 0 radical (unpaired) electrons. The number of aromatic nitrogens is 2. The minimum Gasteiger partial charge on any atom is -0.448 e. The fraction of sp³-hybridized carbons (Fsp3) is 0.0417. The third kappa shape index (κ3) is 4.08. The van der Waals surface area contributed by atoms with Crippen molar-refractivity contribution in [3.8, 4) is 10.8 Å². The number of nitrogens with one attached hydrogen (secondary N) is 1. The molecule has 0 unspecified atom stereocenters. The van der Waals surface area contributed by atoms with Crippen LogP contribution in [-0.2, 0) is 6.54 Å². The SMILES string of the molecule is O=C(Nc1ccc(=O)n(Cc2ccccc2Cl)c1)c1ccc(-c2nc3ccccc3s2)o1. The van der Waals surface area contributed by atoms with Crippen molar-refractivity contribution in [1.29, 1.82) is 0 Å². The maximum absolute atomic E-state index is 12.7. The second kappa shape index (κ2) is 8.45. The van der Waals surface area contributed by atoms with E-state index in [1.54, 1.807) is 30.5 Å². The Morgan fingerprint density at radius 1 is 1.03 bits per heavy atom. The van der Waals surface area contributed by atoms with E-state index in [4.69, 9.17) is 16.0 Å². The number of halogens is 1. The van der Waals surface area contributed by atoms with Crippen molar-refractivity contribution in [2.75, 3.05) is 5.32 Å². The number of anilines is 1. The Morgan fingerprint density at radius 2 is 1.84 bits per heavy atom. The first-order valence-corrected chi connectivity index (χ1v) is 11.0. The third-order valence-electron chi connectivity index (χ3n) is 4.87. The predicted molar refractivity (Wildman–Crippen MR) is 127 cm³/mol. The summed E-state index contributed by atoms with van der Waals surface area (Å²) in [6, 6.07) is 21.4. The van der Waals surface area contributed by atoms with Crippen molar-refractivity contribution in [2.45, 2.75) is 6.54 Å². The number of furan rings is 1. The Hall–Kier alpha value is -3.68. The Labute approximate surface area is 191 Å². The summed E-state index contributed by atoms with van der Waals surface area (Å²) in [6.45, 7) is 0.296. The molecule has 6 nitrogen and oxygen atoms in total. The van der Waals surface area contributed by atoms with Crippen LogP contribution in [0.5, 0.6) is 0 Å². The van der Waals surface area contributed by atoms with Gasteiger partial charge in [-0.15, -0.1) is 11.3 Å². The number of benzene rings is 2. The van der Waals surface area contributed by atoms with E-state index in [2.05, 4.69) is 10.3 Å². The molecule has 0 aliphatic carbocycles. The maximum atomic E-state index is 12.7. The van der Waals surface area contributed by atoms with E-state index in [-0.39, 0.29) is 11.3 Å². The van der Waals surface area contributed by atoms with Crippen LogP contribution < -0.4 is 10.9 Å². The first-order chi connectivity index (χ1) is 15.6. The average Bonchev–Trinajstić information content (AvgIpc) is 3.45. The van der Waals surface area contributed by atoms with E-state index >= 15 is 0 Å². The molecular weight excluding hydrogens is 446 g/mol. The van der Waals surface area contributed by atoms with Crippen LogP contribution >= 0.6 is 22.9 Å². The van der Waals surface area contributed by atoms with Gasteiger partial charge in [0, 0.05) is 17.3 Å². The minimum absolute atomic E-state index is 0.156. The second-order valence-corrected chi connectivity index (χ2v) is 8.52. The molecule has 2 aromatic carbocycles. The lowest BCUT2D eigenvalue weighted by atomic mass is 10.2. The van der Waals surface area contributed by atoms with Crippen molar-refractivity contribution < 1.29 is 9.21 Å². The molecule has 0 atom stereocenters. The molecule has 0 spiro atoms. The van der Waals surface area contributed by atoms with Crippen molar-refractivity contribution in [3.05, 3.63) is 106 Å². The Balaban J connectivity index is 1.35. The van der Waals surface area contributed by atoms with Gasteiger partial charge in [-0.05, 0) is 42.0 Å². The number of rotatable bonds is 5. The molecule has 1 amide bonds. The number of amides is 1. The molecule has 5 aromatic rings. The van der Waals surface area contributed by atoms with Crippen LogP contribution in [0.2, 0.25) is 5.02 Å². The normalized spacial score (nSPS) is 11.0. The molecule has 0 saturated carbocycles. The van der Waals surface area contributed by atoms with Gasteiger partial charge < -0.3 is 14.3 Å². The molecule has 0 fully saturated rings. The molecule has 3 aromatic heterocycles. The number of fused-ring (bicyclic) bond motifs is 1. The molecule has 158 valence electrons. The summed E-state index contributed by atoms with van der Waals surface area (Å²) < 4.78 is 8.29. The zero-order valence-electron chi connectivity index (χ0n) is 16.6. The standard InChI is InChI=1S/C24H16ClN3O3S/c25-17-6-2-1-5-15(17)13-28-14-16(9-12-22(28)29)26-23(30)19-10-11-20(31-19)24-27-18-7-3-4-8-21(18)32-24/h1-12,14H,13H2,(H,26,30). The third-order valence-corrected chi connectivity index (χ3v) is 6.29. The number of hydrogen-bond acceptors (Lipinski definition) is 5. The molecular formula is C24H16ClN3O3S. The highest BCUT2D eigenvalue weighted by Crippen LogP contribution is 2.31. The zero-order chi connectivity index (χ0) is 22.1. The molecule has 0 bridgehead atoms. The van der Waals surface area contributed by atoms with Crippen LogP contribution in [0.4, 0.5) is 5.69 Å². The quantitative estimate of drug-likeness (QED) is 0.365. The van der Waals surface area contributed by atoms with Gasteiger partial charge in [-0.1, -0.05) is 41.9 Å². The summed E-state index contributed by atoms with van der Waals surface area (Å²) in [5.41, 5.74) is 1.97. The van der Waals surface area contributed by atoms with Crippen LogP contribution in [0.3, 0.4) is 0 Å². The fourth-order valence-electron chi connectivity index (χ4n) is 3.28. The molecule has 0 saturated heterocycles. The number of thiazole rings is 1. The van der Waals surface area contributed by atoms with Gasteiger partial charge in [0.2, 0.25) is 0 Å². The lowest BCUT2D eigenvalue weighted by Crippen LogP contribution is -2.21. The Morgan fingerprint density at radius 3 is 2.69 bits per heavy atom. The van der Waals surface area contributed by atoms with E-state index in [9.17, 15) is 9.59 Å². The first kappa shape index (κ1) is 20.2. The number of pyridine rings is 1. The Kier molecular flexibility index (Phi) is 5.34. The van der Waals surface area contributed by atoms with Gasteiger partial charge in [-0.2, -0.15) is 0 Å². The summed E-state index contributed by atoms with van der Waals surface area (Å²) in [7, 11) is 0. The Bertz CT molecular complexity index is 1470. The van der Waals surface area contributed by atoms with E-state index in [0.717, 1.165) is 15.8 Å². The van der Waals surface area contributed by atoms with Crippen molar-refractivity contribution in [3.63, 3.8) is 0 Å².